The molecule has 3 rings (SSSR count). The van der Waals surface area contributed by atoms with Gasteiger partial charge in [0.25, 0.3) is 0 Å². The summed E-state index contributed by atoms with van der Waals surface area (Å²) in [7, 11) is 0. The fraction of sp³-hybridized carbons (Fsp3) is 0.562. The van der Waals surface area contributed by atoms with Crippen LogP contribution in [-0.4, -0.2) is 77.7 Å². The quantitative estimate of drug-likeness (QED) is 0.300. The van der Waals surface area contributed by atoms with Crippen LogP contribution in [0.5, 0.6) is 0 Å². The third-order valence-corrected chi connectivity index (χ3v) is 4.89. The van der Waals surface area contributed by atoms with E-state index in [1.807, 2.05) is 19.3 Å². The molecule has 2 aromatic heterocycles. The zero-order valence-corrected chi connectivity index (χ0v) is 15.3. The van der Waals surface area contributed by atoms with Gasteiger partial charge in [0, 0.05) is 6.42 Å². The maximum absolute atomic E-state index is 10.3. The molecule has 2 aromatic rings. The van der Waals surface area contributed by atoms with Crippen molar-refractivity contribution < 1.29 is 25.2 Å². The van der Waals surface area contributed by atoms with E-state index in [1.165, 1.54) is 18.1 Å². The minimum absolute atomic E-state index is 0.0272. The number of hydrogen-bond acceptors (Lipinski definition) is 9. The Balaban J connectivity index is 2.03. The topological polar surface area (TPSA) is 134 Å². The molecule has 0 spiro atoms. The molecule has 0 saturated carbocycles. The molecule has 0 amide bonds. The summed E-state index contributed by atoms with van der Waals surface area (Å²) in [6.45, 7) is 1.40. The first-order valence-electron chi connectivity index (χ1n) is 8.16. The van der Waals surface area contributed by atoms with Crippen LogP contribution in [0.4, 0.5) is 0 Å². The predicted molar refractivity (Wildman–Crippen MR) is 94.7 cm³/mol. The van der Waals surface area contributed by atoms with Gasteiger partial charge in [0.05, 0.1) is 25.2 Å². The highest BCUT2D eigenvalue weighted by Gasteiger charge is 2.44. The third kappa shape index (κ3) is 3.48. The van der Waals surface area contributed by atoms with Crippen molar-refractivity contribution in [1.82, 2.24) is 19.5 Å². The zero-order valence-electron chi connectivity index (χ0n) is 14.5. The smallest absolute Gasteiger partial charge is 0.189 e. The Morgan fingerprint density at radius 1 is 1.31 bits per heavy atom. The molecular weight excluding hydrogens is 360 g/mol. The number of ether oxygens (including phenoxy) is 1. The van der Waals surface area contributed by atoms with Crippen LogP contribution >= 0.6 is 11.8 Å². The molecule has 1 fully saturated rings. The highest BCUT2D eigenvalue weighted by Crippen LogP contribution is 2.32. The molecule has 26 heavy (non-hydrogen) atoms. The van der Waals surface area contributed by atoms with Gasteiger partial charge in [-0.05, 0) is 13.2 Å². The second-order valence-electron chi connectivity index (χ2n) is 6.12. The lowest BCUT2D eigenvalue weighted by Crippen LogP contribution is -2.33. The molecule has 0 aromatic carbocycles. The van der Waals surface area contributed by atoms with Crippen LogP contribution in [0.1, 0.15) is 18.8 Å². The Labute approximate surface area is 154 Å². The van der Waals surface area contributed by atoms with Crippen molar-refractivity contribution in [1.29, 1.82) is 0 Å². The van der Waals surface area contributed by atoms with Crippen molar-refractivity contribution in [3.8, 4) is 0 Å². The van der Waals surface area contributed by atoms with Crippen molar-refractivity contribution in [2.45, 2.75) is 43.0 Å². The number of nitrogens with zero attached hydrogens (tertiary/aromatic N) is 4. The van der Waals surface area contributed by atoms with Crippen LogP contribution in [0.3, 0.4) is 0 Å². The Kier molecular flexibility index (Phi) is 5.90. The van der Waals surface area contributed by atoms with E-state index in [1.54, 1.807) is 4.57 Å². The number of fused-ring (bicyclic) bond motifs is 1. The molecule has 0 aliphatic carbocycles. The fourth-order valence-electron chi connectivity index (χ4n) is 2.82. The Morgan fingerprint density at radius 2 is 2.08 bits per heavy atom. The van der Waals surface area contributed by atoms with Gasteiger partial charge in [0.15, 0.2) is 17.0 Å². The number of aliphatic hydroxyl groups is 4. The van der Waals surface area contributed by atoms with E-state index in [9.17, 15) is 15.3 Å². The molecule has 4 N–H and O–H groups in total. The molecule has 0 unspecified atom stereocenters. The van der Waals surface area contributed by atoms with E-state index in [4.69, 9.17) is 9.84 Å². The molecule has 1 aliphatic rings. The van der Waals surface area contributed by atoms with Crippen molar-refractivity contribution in [2.75, 3.05) is 19.5 Å². The van der Waals surface area contributed by atoms with Gasteiger partial charge in [-0.15, -0.1) is 0 Å². The second kappa shape index (κ2) is 7.99. The van der Waals surface area contributed by atoms with Crippen molar-refractivity contribution in [3.05, 3.63) is 23.7 Å². The number of aromatic nitrogens is 4. The van der Waals surface area contributed by atoms with Crippen molar-refractivity contribution in [3.63, 3.8) is 0 Å². The number of aliphatic hydroxyl groups excluding tert-OH is 4. The summed E-state index contributed by atoms with van der Waals surface area (Å²) in [5.74, 6) is 0. The van der Waals surface area contributed by atoms with Gasteiger partial charge >= 0.3 is 0 Å². The standard InChI is InChI=1S/C16H22N4O5S/c1-8(5-21)3-4-9-11-14(19-16(18-9)26-2)20(7-17-11)15-13(24)12(23)10(6-22)25-15/h3,7,10,12-13,15,21-24H,4-6H2,1-2H3/t10-,12-,13-,15-/m1/s1. The van der Waals surface area contributed by atoms with Crippen molar-refractivity contribution >= 4 is 22.9 Å². The summed E-state index contributed by atoms with van der Waals surface area (Å²) < 4.78 is 7.13. The summed E-state index contributed by atoms with van der Waals surface area (Å²) in [5.41, 5.74) is 2.55. The molecule has 10 heteroatoms. The Hall–Kier alpha value is -1.56. The summed E-state index contributed by atoms with van der Waals surface area (Å²) in [6.07, 6.45) is 1.51. The SMILES string of the molecule is CSc1nc(CC=C(C)CO)c2ncn([C@@H]3O[C@H](CO)[C@@H](O)[C@H]3O)c2n1. The van der Waals surface area contributed by atoms with Gasteiger partial charge in [0.1, 0.15) is 23.8 Å². The van der Waals surface area contributed by atoms with Crippen LogP contribution in [-0.2, 0) is 11.2 Å². The maximum Gasteiger partial charge on any atom is 0.189 e. The summed E-state index contributed by atoms with van der Waals surface area (Å²) >= 11 is 1.37. The molecule has 142 valence electrons. The number of rotatable bonds is 6. The van der Waals surface area contributed by atoms with Gasteiger partial charge in [-0.25, -0.2) is 15.0 Å². The molecule has 0 bridgehead atoms. The summed E-state index contributed by atoms with van der Waals surface area (Å²) in [5, 5.41) is 39.2. The van der Waals surface area contributed by atoms with E-state index in [2.05, 4.69) is 15.0 Å². The highest BCUT2D eigenvalue weighted by atomic mass is 32.2. The molecule has 1 aliphatic heterocycles. The minimum atomic E-state index is -1.21. The largest absolute Gasteiger partial charge is 0.394 e. The van der Waals surface area contributed by atoms with E-state index >= 15 is 0 Å². The molecule has 9 nitrogen and oxygen atoms in total. The van der Waals surface area contributed by atoms with E-state index < -0.39 is 31.1 Å². The average molecular weight is 382 g/mol. The van der Waals surface area contributed by atoms with Crippen molar-refractivity contribution in [2.24, 2.45) is 0 Å². The van der Waals surface area contributed by atoms with Gasteiger partial charge < -0.3 is 25.2 Å². The molecule has 1 saturated heterocycles. The molecule has 0 radical (unpaired) electrons. The number of hydrogen-bond donors (Lipinski definition) is 4. The average Bonchev–Trinajstić information content (AvgIpc) is 3.20. The predicted octanol–water partition coefficient (Wildman–Crippen LogP) is -0.359. The Bertz CT molecular complexity index is 811. The fourth-order valence-corrected chi connectivity index (χ4v) is 3.20. The van der Waals surface area contributed by atoms with Gasteiger partial charge in [-0.3, -0.25) is 4.57 Å². The summed E-state index contributed by atoms with van der Waals surface area (Å²) in [4.78, 5) is 13.3. The monoisotopic (exact) mass is 382 g/mol. The molecule has 4 atom stereocenters. The number of allylic oxidation sites excluding steroid dienone is 1. The lowest BCUT2D eigenvalue weighted by atomic mass is 10.1. The van der Waals surface area contributed by atoms with Gasteiger partial charge in [-0.1, -0.05) is 23.4 Å². The lowest BCUT2D eigenvalue weighted by Gasteiger charge is -2.16. The van der Waals surface area contributed by atoms with Crippen LogP contribution in [0.15, 0.2) is 23.1 Å². The lowest BCUT2D eigenvalue weighted by molar-refractivity contribution is -0.0511. The van der Waals surface area contributed by atoms with E-state index in [-0.39, 0.29) is 6.61 Å². The first kappa shape index (κ1) is 19.2. The van der Waals surface area contributed by atoms with Crippen LogP contribution in [0.25, 0.3) is 11.2 Å². The summed E-state index contributed by atoms with van der Waals surface area (Å²) in [6, 6.07) is 0. The zero-order chi connectivity index (χ0) is 18.8. The van der Waals surface area contributed by atoms with Gasteiger partial charge in [0.2, 0.25) is 0 Å². The molecular formula is C16H22N4O5S. The van der Waals surface area contributed by atoms with Crippen LogP contribution < -0.4 is 0 Å². The first-order valence-corrected chi connectivity index (χ1v) is 9.39. The van der Waals surface area contributed by atoms with Crippen LogP contribution in [0.2, 0.25) is 0 Å². The second-order valence-corrected chi connectivity index (χ2v) is 6.90. The minimum Gasteiger partial charge on any atom is -0.394 e. The normalized spacial score (nSPS) is 26.8. The maximum atomic E-state index is 10.3. The third-order valence-electron chi connectivity index (χ3n) is 4.34. The van der Waals surface area contributed by atoms with E-state index in [0.29, 0.717) is 28.4 Å². The molecule has 3 heterocycles. The Morgan fingerprint density at radius 3 is 2.69 bits per heavy atom. The van der Waals surface area contributed by atoms with Gasteiger partial charge in [-0.2, -0.15) is 0 Å². The first-order chi connectivity index (χ1) is 12.5. The van der Waals surface area contributed by atoms with Crippen LogP contribution in [0, 0.1) is 0 Å². The number of thioether (sulfide) groups is 1. The number of imidazole rings is 1. The highest BCUT2D eigenvalue weighted by molar-refractivity contribution is 7.98. The van der Waals surface area contributed by atoms with E-state index in [0.717, 1.165) is 5.57 Å².